The number of hydrogen-bond donors (Lipinski definition) is 4. The van der Waals surface area contributed by atoms with Crippen LogP contribution < -0.4 is 5.32 Å². The molecule has 1 saturated heterocycles. The van der Waals surface area contributed by atoms with Gasteiger partial charge >= 0.3 is 0 Å². The summed E-state index contributed by atoms with van der Waals surface area (Å²) in [6, 6.07) is 8.36. The molecule has 4 unspecified atom stereocenters. The molecule has 2 bridgehead atoms. The van der Waals surface area contributed by atoms with E-state index in [0.29, 0.717) is 34.7 Å². The number of fused-ring (bicyclic) bond motifs is 3. The highest BCUT2D eigenvalue weighted by Crippen LogP contribution is 2.54. The Hall–Kier alpha value is -2.30. The Labute approximate surface area is 195 Å². The minimum atomic E-state index is -1.20. The van der Waals surface area contributed by atoms with Crippen molar-refractivity contribution >= 4 is 28.6 Å². The van der Waals surface area contributed by atoms with Crippen molar-refractivity contribution in [1.29, 1.82) is 0 Å². The van der Waals surface area contributed by atoms with Gasteiger partial charge in [-0.2, -0.15) is 0 Å². The van der Waals surface area contributed by atoms with Crippen LogP contribution >= 0.6 is 11.6 Å². The molecule has 1 aliphatic heterocycles. The predicted molar refractivity (Wildman–Crippen MR) is 121 cm³/mol. The fraction of sp³-hybridized carbons (Fsp3) is 0.522. The standard InChI is InChI=1S/C23H26ClN5O4/c24-14-5-3-11(4-6-14)16-12-1-2-13(7-12)17(16)28-21-18-22(26-9-25-21)29(10-27-18)23-20(32)19(31)15(8-30)33-23/h3-6,9-10,12-13,15-17,19-20,23,30-32H,1-2,7-8H2,(H,25,26,28)/t12?,13?,15-,16?,17?,19-,20-,23-/m1/s1. The molecule has 10 heteroatoms. The van der Waals surface area contributed by atoms with Crippen LogP contribution in [0.15, 0.2) is 36.9 Å². The first-order chi connectivity index (χ1) is 16.0. The van der Waals surface area contributed by atoms with Gasteiger partial charge in [0.05, 0.1) is 12.9 Å². The average molecular weight is 472 g/mol. The van der Waals surface area contributed by atoms with Crippen LogP contribution in [-0.4, -0.2) is 65.8 Å². The highest BCUT2D eigenvalue weighted by atomic mass is 35.5. The first kappa shape index (κ1) is 21.2. The summed E-state index contributed by atoms with van der Waals surface area (Å²) in [6.45, 7) is -0.389. The zero-order valence-corrected chi connectivity index (χ0v) is 18.6. The lowest BCUT2D eigenvalue weighted by Gasteiger charge is -2.32. The average Bonchev–Trinajstić information content (AvgIpc) is 3.59. The normalized spacial score (nSPS) is 35.5. The van der Waals surface area contributed by atoms with Crippen molar-refractivity contribution in [3.63, 3.8) is 0 Å². The second-order valence-electron chi connectivity index (χ2n) is 9.36. The Morgan fingerprint density at radius 3 is 2.61 bits per heavy atom. The lowest BCUT2D eigenvalue weighted by molar-refractivity contribution is -0.0511. The summed E-state index contributed by atoms with van der Waals surface area (Å²) >= 11 is 6.12. The molecule has 4 N–H and O–H groups in total. The molecule has 0 amide bonds. The number of halogens is 1. The Balaban J connectivity index is 1.32. The van der Waals surface area contributed by atoms with Crippen LogP contribution in [0.4, 0.5) is 5.82 Å². The summed E-state index contributed by atoms with van der Waals surface area (Å²) in [5, 5.41) is 34.4. The molecule has 1 aromatic carbocycles. The number of nitrogens with one attached hydrogen (secondary N) is 1. The molecule has 2 saturated carbocycles. The third-order valence-corrected chi connectivity index (χ3v) is 7.88. The first-order valence-corrected chi connectivity index (χ1v) is 11.7. The van der Waals surface area contributed by atoms with Crippen LogP contribution in [0.25, 0.3) is 11.2 Å². The number of imidazole rings is 1. The Bertz CT molecular complexity index is 1160. The SMILES string of the molecule is OC[C@H]1O[C@@H](n2cnc3c(NC4C5CCC(C5)C4c4ccc(Cl)cc4)ncnc32)[C@H](O)[C@@H]1O. The smallest absolute Gasteiger partial charge is 0.167 e. The Morgan fingerprint density at radius 1 is 1.06 bits per heavy atom. The van der Waals surface area contributed by atoms with E-state index in [1.165, 1.54) is 37.5 Å². The molecule has 3 fully saturated rings. The van der Waals surface area contributed by atoms with Gasteiger partial charge in [0, 0.05) is 17.0 Å². The number of aliphatic hydroxyl groups is 3. The van der Waals surface area contributed by atoms with Gasteiger partial charge in [-0.15, -0.1) is 0 Å². The van der Waals surface area contributed by atoms with Gasteiger partial charge in [0.1, 0.15) is 24.6 Å². The zero-order chi connectivity index (χ0) is 22.7. The maximum absolute atomic E-state index is 10.4. The van der Waals surface area contributed by atoms with Crippen molar-refractivity contribution in [3.05, 3.63) is 47.5 Å². The maximum atomic E-state index is 10.4. The van der Waals surface area contributed by atoms with E-state index >= 15 is 0 Å². The molecule has 6 rings (SSSR count). The van der Waals surface area contributed by atoms with Gasteiger partial charge < -0.3 is 25.4 Å². The van der Waals surface area contributed by atoms with Gasteiger partial charge in [-0.05, 0) is 48.8 Å². The van der Waals surface area contributed by atoms with E-state index in [-0.39, 0.29) is 12.6 Å². The third kappa shape index (κ3) is 3.41. The summed E-state index contributed by atoms with van der Waals surface area (Å²) in [4.78, 5) is 13.4. The summed E-state index contributed by atoms with van der Waals surface area (Å²) in [5.41, 5.74) is 2.35. The molecule has 3 heterocycles. The fourth-order valence-electron chi connectivity index (χ4n) is 6.08. The van der Waals surface area contributed by atoms with E-state index < -0.39 is 24.5 Å². The number of rotatable bonds is 5. The molecule has 3 aromatic rings. The lowest BCUT2D eigenvalue weighted by Crippen LogP contribution is -2.33. The summed E-state index contributed by atoms with van der Waals surface area (Å²) in [6.07, 6.45) is 2.46. The van der Waals surface area contributed by atoms with Crippen LogP contribution in [0.2, 0.25) is 5.02 Å². The number of nitrogens with zero attached hydrogens (tertiary/aromatic N) is 4. The van der Waals surface area contributed by atoms with Crippen molar-refractivity contribution in [2.24, 2.45) is 11.8 Å². The van der Waals surface area contributed by atoms with Crippen LogP contribution in [0.3, 0.4) is 0 Å². The van der Waals surface area contributed by atoms with Crippen molar-refractivity contribution in [2.75, 3.05) is 11.9 Å². The largest absolute Gasteiger partial charge is 0.394 e. The molecule has 3 aliphatic rings. The molecule has 2 aromatic heterocycles. The summed E-state index contributed by atoms with van der Waals surface area (Å²) < 4.78 is 7.25. The van der Waals surface area contributed by atoms with Gasteiger partial charge in [-0.1, -0.05) is 23.7 Å². The van der Waals surface area contributed by atoms with E-state index in [1.807, 2.05) is 12.1 Å². The second-order valence-corrected chi connectivity index (χ2v) is 9.79. The summed E-state index contributed by atoms with van der Waals surface area (Å²) in [5.74, 6) is 2.20. The predicted octanol–water partition coefficient (Wildman–Crippen LogP) is 2.09. The van der Waals surface area contributed by atoms with Crippen LogP contribution in [0.5, 0.6) is 0 Å². The van der Waals surface area contributed by atoms with Crippen molar-refractivity contribution in [1.82, 2.24) is 19.5 Å². The third-order valence-electron chi connectivity index (χ3n) is 7.62. The Kier molecular flexibility index (Phi) is 5.26. The van der Waals surface area contributed by atoms with E-state index in [2.05, 4.69) is 32.4 Å². The maximum Gasteiger partial charge on any atom is 0.167 e. The van der Waals surface area contributed by atoms with Gasteiger partial charge in [0.25, 0.3) is 0 Å². The minimum absolute atomic E-state index is 0.224. The van der Waals surface area contributed by atoms with Crippen molar-refractivity contribution < 1.29 is 20.1 Å². The molecule has 0 spiro atoms. The van der Waals surface area contributed by atoms with Crippen molar-refractivity contribution in [3.8, 4) is 0 Å². The number of ether oxygens (including phenoxy) is 1. The quantitative estimate of drug-likeness (QED) is 0.445. The molecule has 2 aliphatic carbocycles. The fourth-order valence-corrected chi connectivity index (χ4v) is 6.20. The number of hydrogen-bond acceptors (Lipinski definition) is 8. The molecular weight excluding hydrogens is 446 g/mol. The number of aromatic nitrogens is 4. The Morgan fingerprint density at radius 2 is 1.85 bits per heavy atom. The number of aliphatic hydroxyl groups excluding tert-OH is 3. The monoisotopic (exact) mass is 471 g/mol. The molecule has 174 valence electrons. The van der Waals surface area contributed by atoms with Gasteiger partial charge in [-0.25, -0.2) is 15.0 Å². The topological polar surface area (TPSA) is 126 Å². The van der Waals surface area contributed by atoms with Gasteiger partial charge in [0.2, 0.25) is 0 Å². The van der Waals surface area contributed by atoms with E-state index in [0.717, 1.165) is 5.02 Å². The lowest BCUT2D eigenvalue weighted by atomic mass is 9.80. The van der Waals surface area contributed by atoms with Crippen molar-refractivity contribution in [2.45, 2.75) is 55.8 Å². The highest BCUT2D eigenvalue weighted by Gasteiger charge is 2.48. The number of anilines is 1. The molecule has 0 radical (unpaired) electrons. The minimum Gasteiger partial charge on any atom is -0.394 e. The second kappa shape index (κ2) is 8.18. The highest BCUT2D eigenvalue weighted by molar-refractivity contribution is 6.30. The van der Waals surface area contributed by atoms with Crippen LogP contribution in [0, 0.1) is 11.8 Å². The molecular formula is C23H26ClN5O4. The van der Waals surface area contributed by atoms with Gasteiger partial charge in [-0.3, -0.25) is 4.57 Å². The molecule has 9 nitrogen and oxygen atoms in total. The first-order valence-electron chi connectivity index (χ1n) is 11.4. The number of benzene rings is 1. The zero-order valence-electron chi connectivity index (χ0n) is 17.8. The molecule has 33 heavy (non-hydrogen) atoms. The van der Waals surface area contributed by atoms with E-state index in [4.69, 9.17) is 16.3 Å². The van der Waals surface area contributed by atoms with Crippen LogP contribution in [0.1, 0.15) is 37.0 Å². The van der Waals surface area contributed by atoms with E-state index in [1.54, 1.807) is 4.57 Å². The molecule has 8 atom stereocenters. The van der Waals surface area contributed by atoms with Gasteiger partial charge in [0.15, 0.2) is 23.2 Å². The summed E-state index contributed by atoms with van der Waals surface area (Å²) in [7, 11) is 0. The van der Waals surface area contributed by atoms with E-state index in [9.17, 15) is 15.3 Å². The van der Waals surface area contributed by atoms with Crippen LogP contribution in [-0.2, 0) is 4.74 Å².